The second kappa shape index (κ2) is 4.65. The third-order valence-corrected chi connectivity index (χ3v) is 1.96. The molecule has 1 aromatic rings. The number of ether oxygens (including phenoxy) is 1. The first-order chi connectivity index (χ1) is 6.63. The molecule has 14 heavy (non-hydrogen) atoms. The zero-order valence-electron chi connectivity index (χ0n) is 8.76. The normalized spacial score (nSPS) is 9.64. The van der Waals surface area contributed by atoms with Crippen LogP contribution in [0.4, 0.5) is 0 Å². The van der Waals surface area contributed by atoms with Crippen molar-refractivity contribution in [2.24, 2.45) is 0 Å². The zero-order valence-corrected chi connectivity index (χ0v) is 8.76. The SMILES string of the molecule is COc1ccc(C)cc1CNC(C)=O. The Hall–Kier alpha value is -1.51. The standard InChI is InChI=1S/C11H15NO2/c1-8-4-5-11(14-3)10(6-8)7-12-9(2)13/h4-6H,7H2,1-3H3,(H,12,13). The third-order valence-electron chi connectivity index (χ3n) is 1.96. The van der Waals surface area contributed by atoms with Gasteiger partial charge in [-0.15, -0.1) is 0 Å². The van der Waals surface area contributed by atoms with E-state index in [2.05, 4.69) is 5.32 Å². The summed E-state index contributed by atoms with van der Waals surface area (Å²) in [4.78, 5) is 10.7. The topological polar surface area (TPSA) is 38.3 Å². The van der Waals surface area contributed by atoms with E-state index in [1.807, 2.05) is 25.1 Å². The van der Waals surface area contributed by atoms with Crippen LogP contribution in [0.3, 0.4) is 0 Å². The van der Waals surface area contributed by atoms with E-state index < -0.39 is 0 Å². The van der Waals surface area contributed by atoms with Gasteiger partial charge in [0.25, 0.3) is 0 Å². The molecule has 0 atom stereocenters. The highest BCUT2D eigenvalue weighted by atomic mass is 16.5. The number of nitrogens with one attached hydrogen (secondary N) is 1. The Kier molecular flexibility index (Phi) is 3.51. The molecule has 0 aromatic heterocycles. The average molecular weight is 193 g/mol. The van der Waals surface area contributed by atoms with E-state index in [0.717, 1.165) is 16.9 Å². The number of carbonyl (C=O) groups excluding carboxylic acids is 1. The molecule has 0 aliphatic rings. The largest absolute Gasteiger partial charge is 0.496 e. The minimum absolute atomic E-state index is 0.0337. The summed E-state index contributed by atoms with van der Waals surface area (Å²) in [7, 11) is 1.63. The molecule has 0 radical (unpaired) electrons. The van der Waals surface area contributed by atoms with Crippen LogP contribution in [0.5, 0.6) is 5.75 Å². The van der Waals surface area contributed by atoms with Crippen LogP contribution in [-0.4, -0.2) is 13.0 Å². The van der Waals surface area contributed by atoms with Crippen LogP contribution in [-0.2, 0) is 11.3 Å². The van der Waals surface area contributed by atoms with Crippen molar-refractivity contribution in [1.29, 1.82) is 0 Å². The van der Waals surface area contributed by atoms with E-state index in [-0.39, 0.29) is 5.91 Å². The van der Waals surface area contributed by atoms with Crippen LogP contribution < -0.4 is 10.1 Å². The molecule has 1 aromatic carbocycles. The van der Waals surface area contributed by atoms with E-state index in [1.165, 1.54) is 6.92 Å². The molecule has 0 unspecified atom stereocenters. The molecule has 0 spiro atoms. The first-order valence-electron chi connectivity index (χ1n) is 4.51. The van der Waals surface area contributed by atoms with Gasteiger partial charge < -0.3 is 10.1 Å². The summed E-state index contributed by atoms with van der Waals surface area (Å²) in [6.07, 6.45) is 0. The summed E-state index contributed by atoms with van der Waals surface area (Å²) in [5.41, 5.74) is 2.16. The molecule has 1 amide bonds. The fourth-order valence-electron chi connectivity index (χ4n) is 1.27. The number of hydrogen-bond acceptors (Lipinski definition) is 2. The molecule has 0 saturated heterocycles. The molecule has 0 aliphatic heterocycles. The van der Waals surface area contributed by atoms with Gasteiger partial charge in [0.15, 0.2) is 0 Å². The second-order valence-corrected chi connectivity index (χ2v) is 3.23. The fraction of sp³-hybridized carbons (Fsp3) is 0.364. The lowest BCUT2D eigenvalue weighted by Crippen LogP contribution is -2.19. The zero-order chi connectivity index (χ0) is 10.6. The lowest BCUT2D eigenvalue weighted by atomic mass is 10.1. The van der Waals surface area contributed by atoms with Crippen molar-refractivity contribution in [2.45, 2.75) is 20.4 Å². The summed E-state index contributed by atoms with van der Waals surface area (Å²) in [6.45, 7) is 4.03. The maximum atomic E-state index is 10.7. The Morgan fingerprint density at radius 1 is 1.50 bits per heavy atom. The van der Waals surface area contributed by atoms with Crippen molar-refractivity contribution in [1.82, 2.24) is 5.32 Å². The van der Waals surface area contributed by atoms with Gasteiger partial charge in [0.2, 0.25) is 5.91 Å². The summed E-state index contributed by atoms with van der Waals surface area (Å²) < 4.78 is 5.18. The Bertz CT molecular complexity index is 334. The molecule has 0 saturated carbocycles. The number of rotatable bonds is 3. The van der Waals surface area contributed by atoms with Gasteiger partial charge in [-0.3, -0.25) is 4.79 Å². The predicted octanol–water partition coefficient (Wildman–Crippen LogP) is 1.64. The van der Waals surface area contributed by atoms with Crippen LogP contribution in [0.1, 0.15) is 18.1 Å². The molecule has 0 aliphatic carbocycles. The number of carbonyl (C=O) groups is 1. The van der Waals surface area contributed by atoms with Gasteiger partial charge in [0.1, 0.15) is 5.75 Å². The van der Waals surface area contributed by atoms with Gasteiger partial charge in [-0.1, -0.05) is 17.7 Å². The Morgan fingerprint density at radius 2 is 2.21 bits per heavy atom. The summed E-state index contributed by atoms with van der Waals surface area (Å²) in [5.74, 6) is 0.776. The molecular weight excluding hydrogens is 178 g/mol. The highest BCUT2D eigenvalue weighted by molar-refractivity contribution is 5.72. The van der Waals surface area contributed by atoms with E-state index in [1.54, 1.807) is 7.11 Å². The first-order valence-corrected chi connectivity index (χ1v) is 4.51. The molecule has 76 valence electrons. The van der Waals surface area contributed by atoms with Crippen molar-refractivity contribution in [3.8, 4) is 5.75 Å². The number of methoxy groups -OCH3 is 1. The smallest absolute Gasteiger partial charge is 0.217 e. The minimum Gasteiger partial charge on any atom is -0.496 e. The maximum absolute atomic E-state index is 10.7. The quantitative estimate of drug-likeness (QED) is 0.792. The Balaban J connectivity index is 2.82. The number of aryl methyl sites for hydroxylation is 1. The first kappa shape index (κ1) is 10.6. The molecular formula is C11H15NO2. The molecule has 0 fully saturated rings. The summed E-state index contributed by atoms with van der Waals surface area (Å²) in [6, 6.07) is 5.90. The number of amides is 1. The highest BCUT2D eigenvalue weighted by Gasteiger charge is 2.02. The van der Waals surface area contributed by atoms with Crippen molar-refractivity contribution in [3.63, 3.8) is 0 Å². The molecule has 0 heterocycles. The third kappa shape index (κ3) is 2.76. The van der Waals surface area contributed by atoms with Gasteiger partial charge >= 0.3 is 0 Å². The Morgan fingerprint density at radius 3 is 2.79 bits per heavy atom. The van der Waals surface area contributed by atoms with Gasteiger partial charge in [-0.25, -0.2) is 0 Å². The lowest BCUT2D eigenvalue weighted by Gasteiger charge is -2.09. The van der Waals surface area contributed by atoms with Crippen molar-refractivity contribution in [3.05, 3.63) is 29.3 Å². The lowest BCUT2D eigenvalue weighted by molar-refractivity contribution is -0.119. The number of hydrogen-bond donors (Lipinski definition) is 1. The predicted molar refractivity (Wildman–Crippen MR) is 55.3 cm³/mol. The van der Waals surface area contributed by atoms with Crippen molar-refractivity contribution >= 4 is 5.91 Å². The second-order valence-electron chi connectivity index (χ2n) is 3.23. The highest BCUT2D eigenvalue weighted by Crippen LogP contribution is 2.19. The van der Waals surface area contributed by atoms with Gasteiger partial charge in [-0.2, -0.15) is 0 Å². The molecule has 3 nitrogen and oxygen atoms in total. The minimum atomic E-state index is -0.0337. The van der Waals surface area contributed by atoms with E-state index in [0.29, 0.717) is 6.54 Å². The monoisotopic (exact) mass is 193 g/mol. The van der Waals surface area contributed by atoms with Gasteiger partial charge in [0, 0.05) is 19.0 Å². The van der Waals surface area contributed by atoms with Crippen LogP contribution in [0.2, 0.25) is 0 Å². The van der Waals surface area contributed by atoms with Gasteiger partial charge in [0.05, 0.1) is 7.11 Å². The molecule has 3 heteroatoms. The molecule has 0 bridgehead atoms. The van der Waals surface area contributed by atoms with E-state index in [4.69, 9.17) is 4.74 Å². The number of benzene rings is 1. The van der Waals surface area contributed by atoms with Crippen molar-refractivity contribution in [2.75, 3.05) is 7.11 Å². The van der Waals surface area contributed by atoms with E-state index in [9.17, 15) is 4.79 Å². The maximum Gasteiger partial charge on any atom is 0.217 e. The summed E-state index contributed by atoms with van der Waals surface area (Å²) in [5, 5.41) is 2.74. The average Bonchev–Trinajstić information content (AvgIpc) is 2.15. The summed E-state index contributed by atoms with van der Waals surface area (Å²) >= 11 is 0. The van der Waals surface area contributed by atoms with Gasteiger partial charge in [-0.05, 0) is 13.0 Å². The van der Waals surface area contributed by atoms with E-state index >= 15 is 0 Å². The van der Waals surface area contributed by atoms with Crippen LogP contribution >= 0.6 is 0 Å². The fourth-order valence-corrected chi connectivity index (χ4v) is 1.27. The molecule has 1 N–H and O–H groups in total. The van der Waals surface area contributed by atoms with Crippen LogP contribution in [0.25, 0.3) is 0 Å². The van der Waals surface area contributed by atoms with Crippen LogP contribution in [0, 0.1) is 6.92 Å². The Labute approximate surface area is 84.1 Å². The van der Waals surface area contributed by atoms with Crippen LogP contribution in [0.15, 0.2) is 18.2 Å². The van der Waals surface area contributed by atoms with Crippen molar-refractivity contribution < 1.29 is 9.53 Å². The molecule has 1 rings (SSSR count).